The number of nitrogens with zero attached hydrogens (tertiary/aromatic N) is 3. The van der Waals surface area contributed by atoms with E-state index in [2.05, 4.69) is 12.1 Å². The second kappa shape index (κ2) is 9.65. The molecule has 0 spiro atoms. The molecule has 0 N–H and O–H groups in total. The second-order valence-electron chi connectivity index (χ2n) is 8.08. The average Bonchev–Trinajstić information content (AvgIpc) is 3.22. The lowest BCUT2D eigenvalue weighted by molar-refractivity contribution is 0.415. The van der Waals surface area contributed by atoms with Crippen LogP contribution in [0.5, 0.6) is 11.5 Å². The number of pyridine rings is 1. The van der Waals surface area contributed by atoms with E-state index in [1.165, 1.54) is 0 Å². The minimum atomic E-state index is 0.557. The molecule has 174 valence electrons. The molecule has 3 aromatic carbocycles. The fourth-order valence-electron chi connectivity index (χ4n) is 4.06. The Kier molecular flexibility index (Phi) is 6.25. The number of aryl methyl sites for hydroxylation is 1. The smallest absolute Gasteiger partial charge is 0.140 e. The summed E-state index contributed by atoms with van der Waals surface area (Å²) in [6, 6.07) is 29.7. The highest BCUT2D eigenvalue weighted by Gasteiger charge is 2.19. The minimum absolute atomic E-state index is 0.557. The Morgan fingerprint density at radius 3 is 1.69 bits per heavy atom. The quantitative estimate of drug-likeness (QED) is 0.256. The zero-order chi connectivity index (χ0) is 24.4. The van der Waals surface area contributed by atoms with Crippen LogP contribution in [0.4, 0.5) is 0 Å². The lowest BCUT2D eigenvalue weighted by Crippen LogP contribution is -1.96. The predicted molar refractivity (Wildman–Crippen MR) is 141 cm³/mol. The van der Waals surface area contributed by atoms with Gasteiger partial charge in [0.25, 0.3) is 0 Å². The number of methoxy groups -OCH3 is 2. The lowest BCUT2D eigenvalue weighted by Gasteiger charge is -2.11. The lowest BCUT2D eigenvalue weighted by atomic mass is 10.0. The normalized spacial score (nSPS) is 10.9. The molecule has 0 aliphatic carbocycles. The minimum Gasteiger partial charge on any atom is -0.497 e. The number of rotatable bonds is 6. The Morgan fingerprint density at radius 1 is 0.686 bits per heavy atom. The highest BCUT2D eigenvalue weighted by molar-refractivity contribution is 6.32. The fraction of sp³-hybridized carbons (Fsp3) is 0.103. The first-order chi connectivity index (χ1) is 17.1. The van der Waals surface area contributed by atoms with Gasteiger partial charge in [-0.25, -0.2) is 9.67 Å². The van der Waals surface area contributed by atoms with E-state index < -0.39 is 0 Å². The van der Waals surface area contributed by atoms with Crippen molar-refractivity contribution in [2.45, 2.75) is 6.92 Å². The standard InChI is InChI=1S/C29H24ClN3O2/c1-19-28(29(30)33(32-19)23-7-5-4-6-8-23)22-17-26(20-9-13-24(34-2)14-10-20)31-27(18-22)21-11-15-25(35-3)16-12-21/h4-18H,1-3H3. The SMILES string of the molecule is COc1ccc(-c2cc(-c3c(C)nn(-c4ccccc4)c3Cl)cc(-c3ccc(OC)cc3)n2)cc1. The van der Waals surface area contributed by atoms with Crippen LogP contribution in [0, 0.1) is 6.92 Å². The van der Waals surface area contributed by atoms with Gasteiger partial charge in [-0.3, -0.25) is 0 Å². The van der Waals surface area contributed by atoms with Crippen molar-refractivity contribution in [3.8, 4) is 50.8 Å². The summed E-state index contributed by atoms with van der Waals surface area (Å²) in [4.78, 5) is 4.98. The van der Waals surface area contributed by atoms with Crippen LogP contribution in [0.2, 0.25) is 5.15 Å². The highest BCUT2D eigenvalue weighted by Crippen LogP contribution is 2.37. The molecule has 5 aromatic rings. The van der Waals surface area contributed by atoms with Crippen molar-refractivity contribution in [3.63, 3.8) is 0 Å². The van der Waals surface area contributed by atoms with Crippen LogP contribution < -0.4 is 9.47 Å². The van der Waals surface area contributed by atoms with Crippen molar-refractivity contribution in [2.75, 3.05) is 14.2 Å². The molecule has 0 fully saturated rings. The third kappa shape index (κ3) is 4.51. The van der Waals surface area contributed by atoms with Gasteiger partial charge in [0.05, 0.1) is 37.0 Å². The average molecular weight is 482 g/mol. The van der Waals surface area contributed by atoms with Crippen molar-refractivity contribution in [1.82, 2.24) is 14.8 Å². The Morgan fingerprint density at radius 2 is 1.20 bits per heavy atom. The predicted octanol–water partition coefficient (Wildman–Crippen LogP) is 7.25. The molecule has 2 aromatic heterocycles. The van der Waals surface area contributed by atoms with Crippen molar-refractivity contribution >= 4 is 11.6 Å². The van der Waals surface area contributed by atoms with Gasteiger partial charge in [-0.05, 0) is 85.3 Å². The molecule has 0 saturated heterocycles. The van der Waals surface area contributed by atoms with Gasteiger partial charge < -0.3 is 9.47 Å². The number of aromatic nitrogens is 3. The van der Waals surface area contributed by atoms with Gasteiger partial charge in [-0.2, -0.15) is 5.10 Å². The maximum absolute atomic E-state index is 6.92. The highest BCUT2D eigenvalue weighted by atomic mass is 35.5. The maximum Gasteiger partial charge on any atom is 0.140 e. The summed E-state index contributed by atoms with van der Waals surface area (Å²) in [7, 11) is 3.32. The Bertz CT molecular complexity index is 1400. The van der Waals surface area contributed by atoms with Crippen molar-refractivity contribution in [2.24, 2.45) is 0 Å². The van der Waals surface area contributed by atoms with Crippen LogP contribution in [0.3, 0.4) is 0 Å². The summed E-state index contributed by atoms with van der Waals surface area (Å²) in [6.07, 6.45) is 0. The number of hydrogen-bond donors (Lipinski definition) is 0. The molecular formula is C29H24ClN3O2. The number of halogens is 1. The van der Waals surface area contributed by atoms with Gasteiger partial charge in [-0.1, -0.05) is 29.8 Å². The molecule has 0 radical (unpaired) electrons. The van der Waals surface area contributed by atoms with Gasteiger partial charge in [0, 0.05) is 16.7 Å². The molecule has 5 rings (SSSR count). The van der Waals surface area contributed by atoms with E-state index in [1.807, 2.05) is 85.8 Å². The summed E-state index contributed by atoms with van der Waals surface area (Å²) in [6.45, 7) is 1.97. The van der Waals surface area contributed by atoms with E-state index in [1.54, 1.807) is 18.9 Å². The monoisotopic (exact) mass is 481 g/mol. The maximum atomic E-state index is 6.92. The zero-order valence-corrected chi connectivity index (χ0v) is 20.5. The molecule has 0 bridgehead atoms. The van der Waals surface area contributed by atoms with E-state index in [9.17, 15) is 0 Å². The van der Waals surface area contributed by atoms with E-state index in [0.29, 0.717) is 5.15 Å². The first-order valence-corrected chi connectivity index (χ1v) is 11.6. The van der Waals surface area contributed by atoms with Crippen molar-refractivity contribution in [1.29, 1.82) is 0 Å². The molecule has 0 amide bonds. The van der Waals surface area contributed by atoms with Gasteiger partial charge >= 0.3 is 0 Å². The molecule has 0 aliphatic rings. The summed E-state index contributed by atoms with van der Waals surface area (Å²) >= 11 is 6.92. The fourth-order valence-corrected chi connectivity index (χ4v) is 4.44. The summed E-state index contributed by atoms with van der Waals surface area (Å²) in [5.74, 6) is 1.59. The molecule has 2 heterocycles. The topological polar surface area (TPSA) is 49.2 Å². The van der Waals surface area contributed by atoms with Gasteiger partial charge in [-0.15, -0.1) is 0 Å². The molecule has 0 aliphatic heterocycles. The first-order valence-electron chi connectivity index (χ1n) is 11.2. The van der Waals surface area contributed by atoms with Gasteiger partial charge in [0.1, 0.15) is 16.7 Å². The van der Waals surface area contributed by atoms with Gasteiger partial charge in [0.2, 0.25) is 0 Å². The van der Waals surface area contributed by atoms with E-state index in [-0.39, 0.29) is 0 Å². The van der Waals surface area contributed by atoms with Crippen LogP contribution in [-0.2, 0) is 0 Å². The molecule has 0 unspecified atom stereocenters. The number of para-hydroxylation sites is 1. The van der Waals surface area contributed by atoms with E-state index >= 15 is 0 Å². The third-order valence-electron chi connectivity index (χ3n) is 5.89. The summed E-state index contributed by atoms with van der Waals surface area (Å²) < 4.78 is 12.4. The first kappa shape index (κ1) is 22.7. The van der Waals surface area contributed by atoms with Crippen LogP contribution in [-0.4, -0.2) is 29.0 Å². The van der Waals surface area contributed by atoms with E-state index in [0.717, 1.165) is 56.5 Å². The molecule has 0 atom stereocenters. The zero-order valence-electron chi connectivity index (χ0n) is 19.7. The molecule has 0 saturated carbocycles. The Balaban J connectivity index is 1.69. The summed E-state index contributed by atoms with van der Waals surface area (Å²) in [5, 5.41) is 5.29. The third-order valence-corrected chi connectivity index (χ3v) is 6.24. The number of ether oxygens (including phenoxy) is 2. The van der Waals surface area contributed by atoms with Crippen LogP contribution >= 0.6 is 11.6 Å². The van der Waals surface area contributed by atoms with E-state index in [4.69, 9.17) is 31.2 Å². The largest absolute Gasteiger partial charge is 0.497 e. The van der Waals surface area contributed by atoms with Crippen LogP contribution in [0.25, 0.3) is 39.3 Å². The van der Waals surface area contributed by atoms with Crippen LogP contribution in [0.1, 0.15) is 5.69 Å². The molecular weight excluding hydrogens is 458 g/mol. The number of hydrogen-bond acceptors (Lipinski definition) is 4. The molecule has 5 nitrogen and oxygen atoms in total. The molecule has 35 heavy (non-hydrogen) atoms. The van der Waals surface area contributed by atoms with Gasteiger partial charge in [0.15, 0.2) is 0 Å². The Hall–Kier alpha value is -4.09. The second-order valence-corrected chi connectivity index (χ2v) is 8.44. The Labute approximate surface area is 209 Å². The van der Waals surface area contributed by atoms with Crippen molar-refractivity contribution < 1.29 is 9.47 Å². The number of benzene rings is 3. The molecule has 6 heteroatoms. The van der Waals surface area contributed by atoms with Crippen LogP contribution in [0.15, 0.2) is 91.0 Å². The van der Waals surface area contributed by atoms with Crippen molar-refractivity contribution in [3.05, 3.63) is 102 Å². The summed E-state index contributed by atoms with van der Waals surface area (Å²) in [5.41, 5.74) is 7.19.